The minimum Gasteiger partial charge on any atom is -0.507 e. The van der Waals surface area contributed by atoms with Crippen LogP contribution in [0, 0.1) is 0 Å². The number of benzene rings is 3. The van der Waals surface area contributed by atoms with Crippen LogP contribution in [0.3, 0.4) is 0 Å². The highest BCUT2D eigenvalue weighted by Crippen LogP contribution is 2.35. The van der Waals surface area contributed by atoms with Crippen LogP contribution in [-0.2, 0) is 19.2 Å². The first-order valence-electron chi connectivity index (χ1n) is 21.2. The minimum atomic E-state index is -1.05. The van der Waals surface area contributed by atoms with Crippen LogP contribution in [0.15, 0.2) is 91.1 Å². The Morgan fingerprint density at radius 3 is 2.23 bits per heavy atom. The van der Waals surface area contributed by atoms with Crippen molar-refractivity contribution in [1.29, 1.82) is 0 Å². The Kier molecular flexibility index (Phi) is 12.3. The molecule has 4 amide bonds. The monoisotopic (exact) mass is 814 g/mol. The van der Waals surface area contributed by atoms with E-state index in [-0.39, 0.29) is 47.4 Å². The second-order valence-corrected chi connectivity index (χ2v) is 16.6. The molecule has 4 aromatic rings. The number of aromatic nitrogens is 2. The molecule has 4 aliphatic rings. The summed E-state index contributed by atoms with van der Waals surface area (Å²) in [5.74, 6) is 0.0735. The number of amides is 4. The Morgan fingerprint density at radius 1 is 0.850 bits per heavy atom. The summed E-state index contributed by atoms with van der Waals surface area (Å²) in [6.45, 7) is 4.66. The largest absolute Gasteiger partial charge is 0.507 e. The maximum atomic E-state index is 14.3. The van der Waals surface area contributed by atoms with Gasteiger partial charge in [0.15, 0.2) is 5.60 Å². The molecule has 1 saturated carbocycles. The van der Waals surface area contributed by atoms with Crippen LogP contribution < -0.4 is 25.2 Å². The Balaban J connectivity index is 0.812. The molecule has 314 valence electrons. The third-order valence-electron chi connectivity index (χ3n) is 12.8. The molecule has 1 aliphatic carbocycles. The van der Waals surface area contributed by atoms with E-state index < -0.39 is 5.60 Å². The van der Waals surface area contributed by atoms with Gasteiger partial charge in [0.05, 0.1) is 30.0 Å². The molecule has 3 aliphatic heterocycles. The van der Waals surface area contributed by atoms with Crippen molar-refractivity contribution in [2.24, 2.45) is 0 Å². The summed E-state index contributed by atoms with van der Waals surface area (Å²) in [6, 6.07) is 26.7. The number of carbonyl (C=O) groups excluding carboxylic acids is 4. The molecule has 8 rings (SSSR count). The highest BCUT2D eigenvalue weighted by molar-refractivity contribution is 6.01. The smallest absolute Gasteiger partial charge is 0.264 e. The molecule has 0 unspecified atom stereocenters. The zero-order valence-corrected chi connectivity index (χ0v) is 34.2. The molecule has 0 bridgehead atoms. The molecule has 4 fully saturated rings. The van der Waals surface area contributed by atoms with Crippen molar-refractivity contribution < 1.29 is 29.0 Å². The number of para-hydroxylation sites is 2. The molecule has 60 heavy (non-hydrogen) atoms. The van der Waals surface area contributed by atoms with Gasteiger partial charge in [-0.2, -0.15) is 10.2 Å². The highest BCUT2D eigenvalue weighted by Gasteiger charge is 2.45. The van der Waals surface area contributed by atoms with E-state index >= 15 is 0 Å². The number of nitrogens with zero attached hydrogens (tertiary/aromatic N) is 6. The number of nitrogens with one attached hydrogen (secondary N) is 2. The molecule has 14 nitrogen and oxygen atoms in total. The van der Waals surface area contributed by atoms with Gasteiger partial charge in [-0.1, -0.05) is 42.5 Å². The van der Waals surface area contributed by atoms with E-state index in [1.165, 1.54) is 0 Å². The van der Waals surface area contributed by atoms with Crippen LogP contribution in [0.2, 0.25) is 0 Å². The number of likely N-dealkylation sites (N-methyl/N-ethyl adjacent to an activating group) is 1. The summed E-state index contributed by atoms with van der Waals surface area (Å²) in [5, 5.41) is 24.7. The molecule has 14 heteroatoms. The van der Waals surface area contributed by atoms with Gasteiger partial charge >= 0.3 is 0 Å². The van der Waals surface area contributed by atoms with E-state index in [1.807, 2.05) is 84.7 Å². The number of anilines is 2. The van der Waals surface area contributed by atoms with E-state index in [0.29, 0.717) is 62.3 Å². The van der Waals surface area contributed by atoms with Gasteiger partial charge in [-0.3, -0.25) is 29.4 Å². The third-order valence-corrected chi connectivity index (χ3v) is 12.8. The first kappa shape index (κ1) is 40.7. The van der Waals surface area contributed by atoms with Gasteiger partial charge in [0.2, 0.25) is 17.7 Å². The standard InChI is InChI=1S/C46H54N8O6/c1-51(43(57)31-52-25-27-54(28-26-52)35-15-11-32(12-16-35)38-19-20-42(56)49-44(38)58)34-17-13-33(14-18-34)48-45(59)46(60-37-7-3-2-4-8-37)21-23-53(24-22-46)36-29-40(50-47-30-36)39-9-5-6-10-41(39)55/h2-12,15-16,29-30,33-34,38,55H,13-14,17-28,31H2,1H3,(H,48,59)(H,49,56,58)/t33?,34?,38-/m1/s1. The minimum absolute atomic E-state index is 0.0109. The Labute approximate surface area is 350 Å². The number of rotatable bonds is 11. The summed E-state index contributed by atoms with van der Waals surface area (Å²) in [7, 11) is 1.91. The number of imide groups is 1. The highest BCUT2D eigenvalue weighted by atomic mass is 16.5. The van der Waals surface area contributed by atoms with Gasteiger partial charge in [-0.25, -0.2) is 0 Å². The first-order chi connectivity index (χ1) is 29.1. The van der Waals surface area contributed by atoms with Gasteiger partial charge in [0, 0.05) is 88.9 Å². The molecule has 3 saturated heterocycles. The lowest BCUT2D eigenvalue weighted by atomic mass is 9.86. The zero-order chi connectivity index (χ0) is 41.6. The molecule has 1 atom stereocenters. The summed E-state index contributed by atoms with van der Waals surface area (Å²) in [4.78, 5) is 60.3. The molecule has 4 heterocycles. The molecular formula is C46H54N8O6. The predicted molar refractivity (Wildman–Crippen MR) is 228 cm³/mol. The summed E-state index contributed by atoms with van der Waals surface area (Å²) < 4.78 is 6.59. The molecule has 0 radical (unpaired) electrons. The topological polar surface area (TPSA) is 161 Å². The number of piperidine rings is 2. The van der Waals surface area contributed by atoms with E-state index in [0.717, 1.165) is 68.8 Å². The van der Waals surface area contributed by atoms with Crippen molar-refractivity contribution in [3.8, 4) is 22.8 Å². The van der Waals surface area contributed by atoms with Crippen LogP contribution in [0.4, 0.5) is 11.4 Å². The quantitative estimate of drug-likeness (QED) is 0.183. The molecule has 3 N–H and O–H groups in total. The van der Waals surface area contributed by atoms with Crippen molar-refractivity contribution >= 4 is 35.0 Å². The Bertz CT molecular complexity index is 2150. The lowest BCUT2D eigenvalue weighted by Gasteiger charge is -2.43. The maximum Gasteiger partial charge on any atom is 0.264 e. The fourth-order valence-electron chi connectivity index (χ4n) is 9.09. The Morgan fingerprint density at radius 2 is 1.53 bits per heavy atom. The van der Waals surface area contributed by atoms with Gasteiger partial charge < -0.3 is 29.9 Å². The van der Waals surface area contributed by atoms with Gasteiger partial charge in [0.1, 0.15) is 11.5 Å². The first-order valence-corrected chi connectivity index (χ1v) is 21.2. The normalized spacial score (nSPS) is 22.1. The van der Waals surface area contributed by atoms with Crippen molar-refractivity contribution in [3.63, 3.8) is 0 Å². The molecular weight excluding hydrogens is 761 g/mol. The third kappa shape index (κ3) is 9.23. The summed E-state index contributed by atoms with van der Waals surface area (Å²) >= 11 is 0. The second kappa shape index (κ2) is 18.1. The van der Waals surface area contributed by atoms with Gasteiger partial charge in [0.25, 0.3) is 5.91 Å². The lowest BCUT2D eigenvalue weighted by Crippen LogP contribution is -2.59. The number of ether oxygens (including phenoxy) is 1. The van der Waals surface area contributed by atoms with Crippen LogP contribution in [0.1, 0.15) is 62.8 Å². The maximum absolute atomic E-state index is 14.3. The lowest BCUT2D eigenvalue weighted by molar-refractivity contribution is -0.140. The summed E-state index contributed by atoms with van der Waals surface area (Å²) in [5.41, 5.74) is 3.02. The van der Waals surface area contributed by atoms with Crippen molar-refractivity contribution in [2.45, 2.75) is 75.0 Å². The van der Waals surface area contributed by atoms with Crippen molar-refractivity contribution in [3.05, 3.63) is 96.7 Å². The van der Waals surface area contributed by atoms with E-state index in [9.17, 15) is 24.3 Å². The fourth-order valence-corrected chi connectivity index (χ4v) is 9.09. The van der Waals surface area contributed by atoms with Crippen LogP contribution in [0.5, 0.6) is 11.5 Å². The van der Waals surface area contributed by atoms with E-state index in [4.69, 9.17) is 4.74 Å². The number of carbonyl (C=O) groups is 4. The van der Waals surface area contributed by atoms with Crippen LogP contribution in [0.25, 0.3) is 11.3 Å². The fraction of sp³-hybridized carbons (Fsp3) is 0.435. The number of phenols is 1. The SMILES string of the molecule is CN(C(=O)CN1CCN(c2ccc([C@H]3CCC(=O)NC3=O)cc2)CC1)C1CCC(NC(=O)C2(Oc3ccccc3)CCN(c3cnnc(-c4ccccc4O)c3)CC2)CC1. The van der Waals surface area contributed by atoms with Crippen LogP contribution >= 0.6 is 0 Å². The predicted octanol–water partition coefficient (Wildman–Crippen LogP) is 4.50. The number of aromatic hydroxyl groups is 1. The number of hydrogen-bond donors (Lipinski definition) is 3. The van der Waals surface area contributed by atoms with E-state index in [1.54, 1.807) is 18.3 Å². The number of piperazine rings is 1. The van der Waals surface area contributed by atoms with Gasteiger partial charge in [-0.05, 0) is 80.1 Å². The zero-order valence-electron chi connectivity index (χ0n) is 34.2. The van der Waals surface area contributed by atoms with Crippen LogP contribution in [-0.4, -0.2) is 119 Å². The molecule has 3 aromatic carbocycles. The average Bonchev–Trinajstić information content (AvgIpc) is 3.27. The van der Waals surface area contributed by atoms with Gasteiger partial charge in [-0.15, -0.1) is 0 Å². The van der Waals surface area contributed by atoms with E-state index in [2.05, 4.69) is 35.5 Å². The molecule has 0 spiro atoms. The number of hydrogen-bond acceptors (Lipinski definition) is 11. The average molecular weight is 815 g/mol. The summed E-state index contributed by atoms with van der Waals surface area (Å²) in [6.07, 6.45) is 6.73. The molecule has 1 aromatic heterocycles. The van der Waals surface area contributed by atoms with Crippen molar-refractivity contribution in [1.82, 2.24) is 30.6 Å². The number of phenolic OH excluding ortho intramolecular Hbond substituents is 1. The Hall–Kier alpha value is -6.02. The second-order valence-electron chi connectivity index (χ2n) is 16.6. The van der Waals surface area contributed by atoms with Crippen molar-refractivity contribution in [2.75, 3.05) is 62.7 Å².